The zero-order chi connectivity index (χ0) is 16.7. The second-order valence-electron chi connectivity index (χ2n) is 5.86. The van der Waals surface area contributed by atoms with Gasteiger partial charge in [0.1, 0.15) is 0 Å². The van der Waals surface area contributed by atoms with E-state index in [1.807, 2.05) is 30.3 Å². The fourth-order valence-electron chi connectivity index (χ4n) is 3.31. The molecule has 23 heavy (non-hydrogen) atoms. The minimum absolute atomic E-state index is 0.150. The first-order chi connectivity index (χ1) is 11.0. The van der Waals surface area contributed by atoms with Gasteiger partial charge in [-0.25, -0.2) is 8.42 Å². The molecular formula is C17H17ClO4S. The highest BCUT2D eigenvalue weighted by molar-refractivity contribution is 7.92. The van der Waals surface area contributed by atoms with Gasteiger partial charge in [-0.1, -0.05) is 41.9 Å². The summed E-state index contributed by atoms with van der Waals surface area (Å²) in [6, 6.07) is 15.1. The topological polar surface area (TPSA) is 74.6 Å². The quantitative estimate of drug-likeness (QED) is 0.865. The van der Waals surface area contributed by atoms with E-state index in [0.717, 1.165) is 5.56 Å². The predicted octanol–water partition coefficient (Wildman–Crippen LogP) is 2.25. The molecule has 4 nitrogen and oxygen atoms in total. The number of aliphatic hydroxyl groups excluding tert-OH is 2. The minimum Gasteiger partial charge on any atom is -0.396 e. The Morgan fingerprint density at radius 1 is 0.957 bits per heavy atom. The maximum atomic E-state index is 13.0. The summed E-state index contributed by atoms with van der Waals surface area (Å²) in [4.78, 5) is 0.150. The first-order valence-corrected chi connectivity index (χ1v) is 9.16. The molecule has 0 bridgehead atoms. The number of hydrogen-bond acceptors (Lipinski definition) is 4. The smallest absolute Gasteiger partial charge is 0.182 e. The third-order valence-electron chi connectivity index (χ3n) is 4.60. The van der Waals surface area contributed by atoms with Gasteiger partial charge in [-0.2, -0.15) is 0 Å². The molecule has 122 valence electrons. The van der Waals surface area contributed by atoms with Crippen LogP contribution < -0.4 is 0 Å². The van der Waals surface area contributed by atoms with E-state index in [2.05, 4.69) is 0 Å². The Bertz CT molecular complexity index is 783. The van der Waals surface area contributed by atoms with E-state index in [1.165, 1.54) is 24.3 Å². The summed E-state index contributed by atoms with van der Waals surface area (Å²) < 4.78 is 25.9. The minimum atomic E-state index is -3.69. The fraction of sp³-hybridized carbons (Fsp3) is 0.294. The van der Waals surface area contributed by atoms with Gasteiger partial charge in [-0.05, 0) is 29.8 Å². The van der Waals surface area contributed by atoms with Crippen LogP contribution in [-0.4, -0.2) is 37.1 Å². The van der Waals surface area contributed by atoms with Crippen molar-refractivity contribution in [3.8, 4) is 0 Å². The largest absolute Gasteiger partial charge is 0.396 e. The SMILES string of the molecule is O=S(=O)(c1ccc(Cl)cc1)[C@H]1[C@@H](c2ccccc2)C1(CO)CO. The van der Waals surface area contributed by atoms with E-state index < -0.39 is 26.4 Å². The lowest BCUT2D eigenvalue weighted by Gasteiger charge is -2.11. The van der Waals surface area contributed by atoms with Crippen LogP contribution in [0.25, 0.3) is 0 Å². The molecule has 6 heteroatoms. The van der Waals surface area contributed by atoms with E-state index in [9.17, 15) is 18.6 Å². The summed E-state index contributed by atoms with van der Waals surface area (Å²) in [6.45, 7) is -0.777. The summed E-state index contributed by atoms with van der Waals surface area (Å²) in [5.74, 6) is -0.431. The molecule has 2 aromatic carbocycles. The van der Waals surface area contributed by atoms with E-state index in [4.69, 9.17) is 11.6 Å². The molecule has 0 aliphatic heterocycles. The summed E-state index contributed by atoms with van der Waals surface area (Å²) in [5, 5.41) is 19.1. The van der Waals surface area contributed by atoms with Gasteiger partial charge in [-0.3, -0.25) is 0 Å². The Balaban J connectivity index is 2.05. The number of halogens is 1. The van der Waals surface area contributed by atoms with Gasteiger partial charge in [0.2, 0.25) is 0 Å². The molecule has 2 atom stereocenters. The molecule has 1 aliphatic carbocycles. The molecule has 0 spiro atoms. The van der Waals surface area contributed by atoms with Gasteiger partial charge >= 0.3 is 0 Å². The molecular weight excluding hydrogens is 336 g/mol. The Hall–Kier alpha value is -1.40. The van der Waals surface area contributed by atoms with Crippen molar-refractivity contribution < 1.29 is 18.6 Å². The Labute approximate surface area is 140 Å². The molecule has 1 saturated carbocycles. The van der Waals surface area contributed by atoms with Crippen molar-refractivity contribution >= 4 is 21.4 Å². The highest BCUT2D eigenvalue weighted by Crippen LogP contribution is 2.63. The number of rotatable bonds is 5. The van der Waals surface area contributed by atoms with E-state index in [1.54, 1.807) is 0 Å². The van der Waals surface area contributed by atoms with Crippen LogP contribution in [0.2, 0.25) is 5.02 Å². The Kier molecular flexibility index (Phi) is 4.23. The monoisotopic (exact) mass is 352 g/mol. The average molecular weight is 353 g/mol. The lowest BCUT2D eigenvalue weighted by Crippen LogP contribution is -2.23. The summed E-state index contributed by atoms with van der Waals surface area (Å²) in [7, 11) is -3.69. The normalized spacial score (nSPS) is 22.7. The zero-order valence-electron chi connectivity index (χ0n) is 12.3. The number of sulfone groups is 1. The standard InChI is InChI=1S/C17H17ClO4S/c18-13-6-8-14(9-7-13)23(21,22)16-15(17(16,10-19)11-20)12-4-2-1-3-5-12/h1-9,15-16,19-20H,10-11H2/t15-,16+/m1/s1. The van der Waals surface area contributed by atoms with Gasteiger partial charge < -0.3 is 10.2 Å². The molecule has 2 aromatic rings. The summed E-state index contributed by atoms with van der Waals surface area (Å²) >= 11 is 5.82. The lowest BCUT2D eigenvalue weighted by atomic mass is 10.0. The number of hydrogen-bond donors (Lipinski definition) is 2. The molecule has 1 fully saturated rings. The second kappa shape index (κ2) is 5.91. The molecule has 3 rings (SSSR count). The molecule has 0 unspecified atom stereocenters. The highest BCUT2D eigenvalue weighted by Gasteiger charge is 2.70. The van der Waals surface area contributed by atoms with Crippen LogP contribution in [0, 0.1) is 5.41 Å². The van der Waals surface area contributed by atoms with Gasteiger partial charge in [-0.15, -0.1) is 0 Å². The van der Waals surface area contributed by atoms with Crippen molar-refractivity contribution in [3.63, 3.8) is 0 Å². The third kappa shape index (κ3) is 2.58. The van der Waals surface area contributed by atoms with Crippen LogP contribution in [0.5, 0.6) is 0 Å². The molecule has 0 amide bonds. The van der Waals surface area contributed by atoms with Crippen LogP contribution in [0.3, 0.4) is 0 Å². The molecule has 0 saturated heterocycles. The molecule has 0 radical (unpaired) electrons. The van der Waals surface area contributed by atoms with E-state index in [-0.39, 0.29) is 18.1 Å². The summed E-state index contributed by atoms with van der Waals surface area (Å²) in [5.41, 5.74) is -0.252. The molecule has 1 aliphatic rings. The van der Waals surface area contributed by atoms with Crippen LogP contribution in [0.4, 0.5) is 0 Å². The van der Waals surface area contributed by atoms with Gasteiger partial charge in [0.15, 0.2) is 9.84 Å². The van der Waals surface area contributed by atoms with Crippen LogP contribution in [0.1, 0.15) is 11.5 Å². The molecule has 0 heterocycles. The van der Waals surface area contributed by atoms with Gasteiger partial charge in [0.05, 0.1) is 23.4 Å². The fourth-order valence-corrected chi connectivity index (χ4v) is 5.86. The number of aliphatic hydroxyl groups is 2. The molecule has 2 N–H and O–H groups in total. The first kappa shape index (κ1) is 16.5. The van der Waals surface area contributed by atoms with Crippen LogP contribution in [0.15, 0.2) is 59.5 Å². The van der Waals surface area contributed by atoms with Crippen molar-refractivity contribution in [1.82, 2.24) is 0 Å². The second-order valence-corrected chi connectivity index (χ2v) is 8.36. The van der Waals surface area contributed by atoms with Crippen LogP contribution >= 0.6 is 11.6 Å². The Morgan fingerprint density at radius 2 is 1.52 bits per heavy atom. The number of benzene rings is 2. The maximum absolute atomic E-state index is 13.0. The van der Waals surface area contributed by atoms with Crippen molar-refractivity contribution in [3.05, 3.63) is 65.2 Å². The van der Waals surface area contributed by atoms with Gasteiger partial charge in [0, 0.05) is 16.4 Å². The third-order valence-corrected chi connectivity index (χ3v) is 7.19. The summed E-state index contributed by atoms with van der Waals surface area (Å²) in [6.07, 6.45) is 0. The van der Waals surface area contributed by atoms with Crippen molar-refractivity contribution in [1.29, 1.82) is 0 Å². The lowest BCUT2D eigenvalue weighted by molar-refractivity contribution is 0.130. The average Bonchev–Trinajstić information content (AvgIpc) is 3.27. The van der Waals surface area contributed by atoms with Crippen LogP contribution in [-0.2, 0) is 9.84 Å². The highest BCUT2D eigenvalue weighted by atomic mass is 35.5. The maximum Gasteiger partial charge on any atom is 0.182 e. The van der Waals surface area contributed by atoms with E-state index >= 15 is 0 Å². The van der Waals surface area contributed by atoms with Gasteiger partial charge in [0.25, 0.3) is 0 Å². The van der Waals surface area contributed by atoms with Crippen molar-refractivity contribution in [2.24, 2.45) is 5.41 Å². The van der Waals surface area contributed by atoms with E-state index in [0.29, 0.717) is 5.02 Å². The predicted molar refractivity (Wildman–Crippen MR) is 88.2 cm³/mol. The van der Waals surface area contributed by atoms with Crippen molar-refractivity contribution in [2.45, 2.75) is 16.1 Å². The van der Waals surface area contributed by atoms with Crippen molar-refractivity contribution in [2.75, 3.05) is 13.2 Å². The molecule has 0 aromatic heterocycles. The first-order valence-electron chi connectivity index (χ1n) is 7.23. The Morgan fingerprint density at radius 3 is 2.04 bits per heavy atom. The zero-order valence-corrected chi connectivity index (χ0v) is 13.8.